The number of hydrogen-bond acceptors (Lipinski definition) is 3. The number of aryl methyl sites for hydroxylation is 2. The molecule has 1 aromatic rings. The molecular formula is C15H26N2O. The topological polar surface area (TPSA) is 38.5 Å². The summed E-state index contributed by atoms with van der Waals surface area (Å²) in [6, 6.07) is 4.65. The zero-order valence-electron chi connectivity index (χ0n) is 12.4. The second-order valence-corrected chi connectivity index (χ2v) is 5.33. The summed E-state index contributed by atoms with van der Waals surface area (Å²) in [5.74, 6) is 1.37. The van der Waals surface area contributed by atoms with E-state index < -0.39 is 0 Å². The van der Waals surface area contributed by atoms with Crippen LogP contribution in [0.5, 0.6) is 5.75 Å². The third-order valence-electron chi connectivity index (χ3n) is 3.44. The van der Waals surface area contributed by atoms with Crippen molar-refractivity contribution in [2.75, 3.05) is 27.7 Å². The van der Waals surface area contributed by atoms with E-state index in [0.717, 1.165) is 5.75 Å². The van der Waals surface area contributed by atoms with Gasteiger partial charge in [-0.3, -0.25) is 0 Å². The molecule has 0 aliphatic carbocycles. The molecule has 0 aliphatic rings. The average molecular weight is 250 g/mol. The van der Waals surface area contributed by atoms with Gasteiger partial charge in [-0.1, -0.05) is 24.6 Å². The fourth-order valence-electron chi connectivity index (χ4n) is 2.71. The van der Waals surface area contributed by atoms with E-state index in [9.17, 15) is 0 Å². The lowest BCUT2D eigenvalue weighted by Gasteiger charge is -2.31. The fourth-order valence-corrected chi connectivity index (χ4v) is 2.71. The zero-order chi connectivity index (χ0) is 13.9. The first-order valence-corrected chi connectivity index (χ1v) is 6.44. The Hall–Kier alpha value is -1.06. The molecule has 0 saturated heterocycles. The van der Waals surface area contributed by atoms with E-state index in [1.54, 1.807) is 7.11 Å². The van der Waals surface area contributed by atoms with Crippen molar-refractivity contribution in [1.82, 2.24) is 4.90 Å². The minimum atomic E-state index is 0.281. The van der Waals surface area contributed by atoms with Gasteiger partial charge in [0.1, 0.15) is 5.75 Å². The Bertz CT molecular complexity index is 402. The summed E-state index contributed by atoms with van der Waals surface area (Å²) >= 11 is 0. The molecule has 0 aromatic heterocycles. The number of nitrogens with zero attached hydrogens (tertiary/aromatic N) is 1. The van der Waals surface area contributed by atoms with Gasteiger partial charge in [-0.25, -0.2) is 0 Å². The highest BCUT2D eigenvalue weighted by Crippen LogP contribution is 2.36. The molecule has 3 heteroatoms. The molecule has 102 valence electrons. The van der Waals surface area contributed by atoms with E-state index in [4.69, 9.17) is 10.5 Å². The Morgan fingerprint density at radius 1 is 1.28 bits per heavy atom. The summed E-state index contributed by atoms with van der Waals surface area (Å²) < 4.78 is 5.59. The molecule has 2 atom stereocenters. The molecule has 1 aromatic carbocycles. The molecule has 0 bridgehead atoms. The van der Waals surface area contributed by atoms with Gasteiger partial charge in [-0.05, 0) is 46.0 Å². The smallest absolute Gasteiger partial charge is 0.126 e. The minimum Gasteiger partial charge on any atom is -0.496 e. The van der Waals surface area contributed by atoms with Crippen molar-refractivity contribution in [3.8, 4) is 5.75 Å². The van der Waals surface area contributed by atoms with E-state index in [-0.39, 0.29) is 6.04 Å². The van der Waals surface area contributed by atoms with Crippen molar-refractivity contribution in [1.29, 1.82) is 0 Å². The number of hydrogen-bond donors (Lipinski definition) is 1. The van der Waals surface area contributed by atoms with Gasteiger partial charge in [-0.15, -0.1) is 0 Å². The van der Waals surface area contributed by atoms with Gasteiger partial charge < -0.3 is 15.4 Å². The number of rotatable bonds is 5. The van der Waals surface area contributed by atoms with Gasteiger partial charge in [0, 0.05) is 11.6 Å². The third-order valence-corrected chi connectivity index (χ3v) is 3.44. The van der Waals surface area contributed by atoms with Crippen LogP contribution in [0, 0.1) is 19.8 Å². The lowest BCUT2D eigenvalue weighted by atomic mass is 9.90. The largest absolute Gasteiger partial charge is 0.496 e. The second kappa shape index (κ2) is 6.21. The lowest BCUT2D eigenvalue weighted by Crippen LogP contribution is -2.30. The highest BCUT2D eigenvalue weighted by Gasteiger charge is 2.24. The van der Waals surface area contributed by atoms with Crippen LogP contribution in [0.2, 0.25) is 0 Å². The van der Waals surface area contributed by atoms with Gasteiger partial charge in [0.25, 0.3) is 0 Å². The van der Waals surface area contributed by atoms with E-state index in [0.29, 0.717) is 12.5 Å². The van der Waals surface area contributed by atoms with Crippen molar-refractivity contribution in [2.45, 2.75) is 26.8 Å². The van der Waals surface area contributed by atoms with Crippen LogP contribution in [0.15, 0.2) is 12.1 Å². The first kappa shape index (κ1) is 15.0. The summed E-state index contributed by atoms with van der Waals surface area (Å²) in [7, 11) is 5.92. The maximum Gasteiger partial charge on any atom is 0.126 e. The first-order chi connectivity index (χ1) is 8.42. The predicted octanol–water partition coefficient (Wildman–Crippen LogP) is 2.51. The second-order valence-electron chi connectivity index (χ2n) is 5.33. The van der Waals surface area contributed by atoms with E-state index in [1.165, 1.54) is 16.7 Å². The highest BCUT2D eigenvalue weighted by molar-refractivity contribution is 5.45. The van der Waals surface area contributed by atoms with Crippen LogP contribution < -0.4 is 10.5 Å². The van der Waals surface area contributed by atoms with Gasteiger partial charge in [0.15, 0.2) is 0 Å². The Kier molecular flexibility index (Phi) is 5.17. The van der Waals surface area contributed by atoms with Crippen molar-refractivity contribution in [3.63, 3.8) is 0 Å². The SMILES string of the molecule is COc1c(C)cc(C)cc1C(C(C)CN)N(C)C. The summed E-state index contributed by atoms with van der Waals surface area (Å²) in [5.41, 5.74) is 9.53. The quantitative estimate of drug-likeness (QED) is 0.872. The van der Waals surface area contributed by atoms with Crippen LogP contribution >= 0.6 is 0 Å². The molecule has 0 amide bonds. The number of ether oxygens (including phenoxy) is 1. The first-order valence-electron chi connectivity index (χ1n) is 6.44. The van der Waals surface area contributed by atoms with Crippen LogP contribution in [0.25, 0.3) is 0 Å². The predicted molar refractivity (Wildman–Crippen MR) is 77.1 cm³/mol. The Morgan fingerprint density at radius 3 is 2.33 bits per heavy atom. The Labute approximate surface area is 111 Å². The van der Waals surface area contributed by atoms with Crippen LogP contribution in [0.3, 0.4) is 0 Å². The van der Waals surface area contributed by atoms with E-state index >= 15 is 0 Å². The average Bonchev–Trinajstić information content (AvgIpc) is 2.28. The maximum atomic E-state index is 5.85. The lowest BCUT2D eigenvalue weighted by molar-refractivity contribution is 0.221. The van der Waals surface area contributed by atoms with Crippen molar-refractivity contribution < 1.29 is 4.74 Å². The molecular weight excluding hydrogens is 224 g/mol. The Balaban J connectivity index is 3.35. The summed E-state index contributed by atoms with van der Waals surface area (Å²) in [6.45, 7) is 7.06. The summed E-state index contributed by atoms with van der Waals surface area (Å²) in [6.07, 6.45) is 0. The molecule has 0 radical (unpaired) electrons. The zero-order valence-corrected chi connectivity index (χ0v) is 12.4. The van der Waals surface area contributed by atoms with Crippen LogP contribution in [-0.2, 0) is 0 Å². The van der Waals surface area contributed by atoms with Crippen molar-refractivity contribution in [3.05, 3.63) is 28.8 Å². The maximum absolute atomic E-state index is 5.85. The number of benzene rings is 1. The molecule has 0 aliphatic heterocycles. The molecule has 2 N–H and O–H groups in total. The van der Waals surface area contributed by atoms with Crippen LogP contribution in [-0.4, -0.2) is 32.6 Å². The normalized spacial score (nSPS) is 14.7. The summed E-state index contributed by atoms with van der Waals surface area (Å²) in [4.78, 5) is 2.22. The Morgan fingerprint density at radius 2 is 1.89 bits per heavy atom. The van der Waals surface area contributed by atoms with Gasteiger partial charge in [0.2, 0.25) is 0 Å². The molecule has 0 saturated carbocycles. The van der Waals surface area contributed by atoms with E-state index in [2.05, 4.69) is 51.9 Å². The van der Waals surface area contributed by atoms with Crippen LogP contribution in [0.1, 0.15) is 29.7 Å². The van der Waals surface area contributed by atoms with Crippen LogP contribution in [0.4, 0.5) is 0 Å². The van der Waals surface area contributed by atoms with Gasteiger partial charge in [0.05, 0.1) is 7.11 Å². The number of nitrogens with two attached hydrogens (primary N) is 1. The molecule has 1 rings (SSSR count). The van der Waals surface area contributed by atoms with Gasteiger partial charge >= 0.3 is 0 Å². The molecule has 2 unspecified atom stereocenters. The summed E-state index contributed by atoms with van der Waals surface area (Å²) in [5, 5.41) is 0. The molecule has 18 heavy (non-hydrogen) atoms. The molecule has 0 heterocycles. The van der Waals surface area contributed by atoms with E-state index in [1.807, 2.05) is 0 Å². The standard InChI is InChI=1S/C15H26N2O/c1-10-7-11(2)15(18-6)13(8-10)14(17(4)5)12(3)9-16/h7-8,12,14H,9,16H2,1-6H3. The third kappa shape index (κ3) is 3.03. The minimum absolute atomic E-state index is 0.281. The highest BCUT2D eigenvalue weighted by atomic mass is 16.5. The fraction of sp³-hybridized carbons (Fsp3) is 0.600. The monoisotopic (exact) mass is 250 g/mol. The molecule has 3 nitrogen and oxygen atoms in total. The van der Waals surface area contributed by atoms with Crippen molar-refractivity contribution in [2.24, 2.45) is 11.7 Å². The molecule has 0 spiro atoms. The molecule has 0 fully saturated rings. The van der Waals surface area contributed by atoms with Gasteiger partial charge in [-0.2, -0.15) is 0 Å². The number of methoxy groups -OCH3 is 1. The van der Waals surface area contributed by atoms with Crippen molar-refractivity contribution >= 4 is 0 Å².